The molecule has 0 aromatic heterocycles. The first-order chi connectivity index (χ1) is 9.65. The quantitative estimate of drug-likeness (QED) is 0.648. The number of sulfonamides is 1. The van der Waals surface area contributed by atoms with Crippen molar-refractivity contribution in [1.29, 1.82) is 0 Å². The van der Waals surface area contributed by atoms with Gasteiger partial charge < -0.3 is 5.73 Å². The molecule has 0 heterocycles. The lowest BCUT2D eigenvalue weighted by Gasteiger charge is -2.07. The lowest BCUT2D eigenvalue weighted by Crippen LogP contribution is -2.30. The van der Waals surface area contributed by atoms with Crippen LogP contribution in [0.3, 0.4) is 0 Å². The molecule has 0 radical (unpaired) electrons. The maximum atomic E-state index is 11.8. The van der Waals surface area contributed by atoms with Crippen molar-refractivity contribution < 1.29 is 16.8 Å². The lowest BCUT2D eigenvalue weighted by molar-refractivity contribution is 0.580. The molecule has 0 aliphatic heterocycles. The fourth-order valence-corrected chi connectivity index (χ4v) is 3.65. The number of nitrogens with one attached hydrogen (secondary N) is 1. The van der Waals surface area contributed by atoms with E-state index in [4.69, 9.17) is 18.0 Å². The van der Waals surface area contributed by atoms with Crippen molar-refractivity contribution in [2.24, 2.45) is 5.73 Å². The Bertz CT molecular complexity index is 695. The first-order valence-corrected chi connectivity index (χ1v) is 10.1. The summed E-state index contributed by atoms with van der Waals surface area (Å²) in [4.78, 5) is 0.243. The van der Waals surface area contributed by atoms with Crippen LogP contribution >= 0.6 is 12.2 Å². The van der Waals surface area contributed by atoms with Gasteiger partial charge in [0, 0.05) is 17.9 Å². The molecule has 0 saturated carbocycles. The van der Waals surface area contributed by atoms with Gasteiger partial charge in [0.05, 0.1) is 11.5 Å². The van der Waals surface area contributed by atoms with Crippen LogP contribution in [0.4, 0.5) is 0 Å². The number of sulfone groups is 1. The summed E-state index contributed by atoms with van der Waals surface area (Å²) < 4.78 is 48.5. The van der Waals surface area contributed by atoms with Crippen LogP contribution in [0.1, 0.15) is 18.1 Å². The Labute approximate surface area is 130 Å². The first kappa shape index (κ1) is 18.0. The summed E-state index contributed by atoms with van der Waals surface area (Å²) in [5, 5.41) is 0. The highest BCUT2D eigenvalue weighted by Gasteiger charge is 2.14. The van der Waals surface area contributed by atoms with Crippen LogP contribution in [0.15, 0.2) is 24.3 Å². The fraction of sp³-hybridized carbons (Fsp3) is 0.417. The van der Waals surface area contributed by atoms with Crippen molar-refractivity contribution in [3.63, 3.8) is 0 Å². The van der Waals surface area contributed by atoms with Gasteiger partial charge in [0.1, 0.15) is 4.99 Å². The lowest BCUT2D eigenvalue weighted by atomic mass is 10.1. The summed E-state index contributed by atoms with van der Waals surface area (Å²) in [6.45, 7) is 1.40. The van der Waals surface area contributed by atoms with E-state index in [1.54, 1.807) is 24.3 Å². The number of hydrogen-bond donors (Lipinski definition) is 2. The van der Waals surface area contributed by atoms with E-state index in [9.17, 15) is 16.8 Å². The Balaban J connectivity index is 2.62. The zero-order chi connectivity index (χ0) is 16.1. The van der Waals surface area contributed by atoms with E-state index in [0.717, 1.165) is 0 Å². The third-order valence-corrected chi connectivity index (χ3v) is 6.07. The molecule has 1 aromatic carbocycles. The van der Waals surface area contributed by atoms with Crippen molar-refractivity contribution in [2.75, 3.05) is 18.1 Å². The molecule has 9 heteroatoms. The molecule has 0 amide bonds. The number of nitrogens with two attached hydrogens (primary N) is 1. The second-order valence-corrected chi connectivity index (χ2v) is 9.17. The van der Waals surface area contributed by atoms with Gasteiger partial charge in [-0.05, 0) is 5.56 Å². The summed E-state index contributed by atoms with van der Waals surface area (Å²) in [6, 6.07) is 6.54. The second-order valence-electron chi connectivity index (χ2n) is 4.45. The number of thiocarbonyl (C=S) groups is 1. The van der Waals surface area contributed by atoms with Crippen molar-refractivity contribution in [3.05, 3.63) is 35.4 Å². The minimum absolute atomic E-state index is 0.00477. The van der Waals surface area contributed by atoms with Crippen molar-refractivity contribution in [1.82, 2.24) is 4.72 Å². The highest BCUT2D eigenvalue weighted by molar-refractivity contribution is 7.91. The van der Waals surface area contributed by atoms with Gasteiger partial charge in [0.15, 0.2) is 9.84 Å². The van der Waals surface area contributed by atoms with Gasteiger partial charge in [-0.2, -0.15) is 0 Å². The molecule has 0 spiro atoms. The summed E-state index contributed by atoms with van der Waals surface area (Å²) in [6.07, 6.45) is 0. The second kappa shape index (κ2) is 7.30. The Morgan fingerprint density at radius 3 is 2.24 bits per heavy atom. The summed E-state index contributed by atoms with van der Waals surface area (Å²) >= 11 is 4.81. The molecule has 0 bridgehead atoms. The molecule has 118 valence electrons. The van der Waals surface area contributed by atoms with Crippen LogP contribution in [-0.4, -0.2) is 39.9 Å². The topological polar surface area (TPSA) is 106 Å². The van der Waals surface area contributed by atoms with Crippen LogP contribution in [-0.2, 0) is 25.6 Å². The van der Waals surface area contributed by atoms with Crippen LogP contribution in [0, 0.1) is 0 Å². The minimum atomic E-state index is -3.58. The van der Waals surface area contributed by atoms with E-state index < -0.39 is 19.9 Å². The SMILES string of the molecule is CCS(=O)(=O)CCNS(=O)(=O)Cc1ccc(C(N)=S)cc1. The molecule has 0 saturated heterocycles. The molecule has 3 N–H and O–H groups in total. The standard InChI is InChI=1S/C12H18N2O4S3/c1-2-20(15,16)8-7-14-21(17,18)9-10-3-5-11(6-4-10)12(13)19/h3-6,14H,2,7-9H2,1H3,(H2,13,19). The highest BCUT2D eigenvalue weighted by atomic mass is 32.2. The molecule has 21 heavy (non-hydrogen) atoms. The van der Waals surface area contributed by atoms with Gasteiger partial charge in [-0.3, -0.25) is 0 Å². The van der Waals surface area contributed by atoms with Crippen LogP contribution < -0.4 is 10.5 Å². The van der Waals surface area contributed by atoms with E-state index in [-0.39, 0.29) is 28.8 Å². The van der Waals surface area contributed by atoms with Gasteiger partial charge in [0.2, 0.25) is 10.0 Å². The third-order valence-electron chi connectivity index (χ3n) is 2.77. The number of benzene rings is 1. The van der Waals surface area contributed by atoms with E-state index in [0.29, 0.717) is 11.1 Å². The van der Waals surface area contributed by atoms with Gasteiger partial charge in [-0.1, -0.05) is 43.4 Å². The van der Waals surface area contributed by atoms with Crippen molar-refractivity contribution in [2.45, 2.75) is 12.7 Å². The van der Waals surface area contributed by atoms with Gasteiger partial charge in [0.25, 0.3) is 0 Å². The summed E-state index contributed by atoms with van der Waals surface area (Å²) in [5.41, 5.74) is 6.69. The Morgan fingerprint density at radius 2 is 1.76 bits per heavy atom. The van der Waals surface area contributed by atoms with E-state index in [1.807, 2.05) is 0 Å². The highest BCUT2D eigenvalue weighted by Crippen LogP contribution is 2.08. The molecule has 6 nitrogen and oxygen atoms in total. The maximum Gasteiger partial charge on any atom is 0.215 e. The van der Waals surface area contributed by atoms with E-state index in [1.165, 1.54) is 6.92 Å². The third kappa shape index (κ3) is 6.51. The Morgan fingerprint density at radius 1 is 1.19 bits per heavy atom. The van der Waals surface area contributed by atoms with Crippen LogP contribution in [0.5, 0.6) is 0 Å². The number of rotatable bonds is 8. The first-order valence-electron chi connectivity index (χ1n) is 6.22. The predicted molar refractivity (Wildman–Crippen MR) is 87.3 cm³/mol. The van der Waals surface area contributed by atoms with Gasteiger partial charge >= 0.3 is 0 Å². The molecule has 0 aliphatic carbocycles. The molecule has 1 aromatic rings. The largest absolute Gasteiger partial charge is 0.389 e. The smallest absolute Gasteiger partial charge is 0.215 e. The van der Waals surface area contributed by atoms with Crippen molar-refractivity contribution >= 4 is 37.1 Å². The zero-order valence-electron chi connectivity index (χ0n) is 11.6. The van der Waals surface area contributed by atoms with E-state index >= 15 is 0 Å². The van der Waals surface area contributed by atoms with Gasteiger partial charge in [-0.15, -0.1) is 0 Å². The molecule has 0 atom stereocenters. The fourth-order valence-electron chi connectivity index (χ4n) is 1.53. The van der Waals surface area contributed by atoms with Crippen LogP contribution in [0.2, 0.25) is 0 Å². The Kier molecular flexibility index (Phi) is 6.26. The van der Waals surface area contributed by atoms with Gasteiger partial charge in [-0.25, -0.2) is 21.6 Å². The molecule has 0 unspecified atom stereocenters. The normalized spacial score (nSPS) is 12.2. The average molecular weight is 350 g/mol. The minimum Gasteiger partial charge on any atom is -0.389 e. The van der Waals surface area contributed by atoms with E-state index in [2.05, 4.69) is 4.72 Å². The average Bonchev–Trinajstić information content (AvgIpc) is 2.38. The number of hydrogen-bond acceptors (Lipinski definition) is 5. The molecule has 1 rings (SSSR count). The van der Waals surface area contributed by atoms with Crippen molar-refractivity contribution in [3.8, 4) is 0 Å². The molecular weight excluding hydrogens is 332 g/mol. The van der Waals surface area contributed by atoms with Crippen LogP contribution in [0.25, 0.3) is 0 Å². The Hall–Kier alpha value is -1.03. The summed E-state index contributed by atoms with van der Waals surface area (Å²) in [7, 11) is -6.76. The monoisotopic (exact) mass is 350 g/mol. The zero-order valence-corrected chi connectivity index (χ0v) is 14.0. The molecule has 0 aliphatic rings. The predicted octanol–water partition coefficient (Wildman–Crippen LogP) is 0.175. The summed E-state index contributed by atoms with van der Waals surface area (Å²) in [5.74, 6) is -0.435. The maximum absolute atomic E-state index is 11.8. The molecule has 0 fully saturated rings. The molecular formula is C12H18N2O4S3.